The van der Waals surface area contributed by atoms with Crippen LogP contribution in [0.4, 0.5) is 13.2 Å². The van der Waals surface area contributed by atoms with Gasteiger partial charge in [0, 0.05) is 0 Å². The average Bonchev–Trinajstić information content (AvgIpc) is 2.52. The van der Waals surface area contributed by atoms with E-state index in [0.717, 1.165) is 0 Å². The maximum atomic E-state index is 12.8. The predicted octanol–water partition coefficient (Wildman–Crippen LogP) is 5.19. The van der Waals surface area contributed by atoms with Crippen LogP contribution in [-0.4, -0.2) is 19.5 Å². The summed E-state index contributed by atoms with van der Waals surface area (Å²) in [5.74, 6) is 0.531. The molecular weight excluding hydrogens is 484 g/mol. The minimum absolute atomic E-state index is 0.412. The third kappa shape index (κ3) is 5.58. The van der Waals surface area contributed by atoms with Gasteiger partial charge in [-0.25, -0.2) is 0 Å². The van der Waals surface area contributed by atoms with Crippen LogP contribution in [0.25, 0.3) is 0 Å². The molecule has 0 atom stereocenters. The molecule has 0 aliphatic carbocycles. The van der Waals surface area contributed by atoms with Crippen LogP contribution in [0.2, 0.25) is 0 Å². The Labute approximate surface area is 158 Å². The molecule has 4 nitrogen and oxygen atoms in total. The standard InChI is InChI=1S/C17H18F3IO4S/c1-16(2,3)24-15-11-9-14(10-12-15)21(13-7-5-4-6-8-13)25-26(22,23)17(18,19)20/h4-12H,1-3H3. The molecule has 0 radical (unpaired) electrons. The van der Waals surface area contributed by atoms with Gasteiger partial charge in [-0.1, -0.05) is 0 Å². The Morgan fingerprint density at radius 3 is 1.81 bits per heavy atom. The fraction of sp³-hybridized carbons (Fsp3) is 0.294. The van der Waals surface area contributed by atoms with Crippen LogP contribution >= 0.6 is 20.2 Å². The topological polar surface area (TPSA) is 52.6 Å². The average molecular weight is 502 g/mol. The summed E-state index contributed by atoms with van der Waals surface area (Å²) >= 11 is -3.33. The van der Waals surface area contributed by atoms with Gasteiger partial charge in [0.1, 0.15) is 0 Å². The van der Waals surface area contributed by atoms with Crippen LogP contribution in [0.1, 0.15) is 20.8 Å². The van der Waals surface area contributed by atoms with Gasteiger partial charge in [0.25, 0.3) is 0 Å². The summed E-state index contributed by atoms with van der Waals surface area (Å²) in [6, 6.07) is 14.4. The second kappa shape index (κ2) is 7.73. The third-order valence-corrected chi connectivity index (χ3v) is 9.86. The molecule has 0 fully saturated rings. The van der Waals surface area contributed by atoms with Crippen molar-refractivity contribution in [3.05, 3.63) is 61.7 Å². The Kier molecular flexibility index (Phi) is 6.24. The van der Waals surface area contributed by atoms with E-state index in [0.29, 0.717) is 12.9 Å². The van der Waals surface area contributed by atoms with Gasteiger partial charge in [-0.2, -0.15) is 0 Å². The number of hydrogen-bond acceptors (Lipinski definition) is 4. The molecule has 0 aliphatic heterocycles. The number of alkyl halides is 3. The van der Waals surface area contributed by atoms with E-state index in [-0.39, 0.29) is 0 Å². The quantitative estimate of drug-likeness (QED) is 0.417. The van der Waals surface area contributed by atoms with Crippen molar-refractivity contribution in [2.24, 2.45) is 0 Å². The number of benzene rings is 2. The van der Waals surface area contributed by atoms with Gasteiger partial charge in [0.05, 0.1) is 0 Å². The van der Waals surface area contributed by atoms with E-state index in [2.05, 4.69) is 2.51 Å². The zero-order chi connectivity index (χ0) is 19.6. The second-order valence-electron chi connectivity index (χ2n) is 6.18. The number of rotatable bonds is 5. The molecule has 2 rings (SSSR count). The molecule has 0 amide bonds. The fourth-order valence-electron chi connectivity index (χ4n) is 1.82. The van der Waals surface area contributed by atoms with E-state index < -0.39 is 41.5 Å². The Bertz CT molecular complexity index is 829. The normalized spacial score (nSPS) is 13.4. The maximum absolute atomic E-state index is 12.8. The Morgan fingerprint density at radius 2 is 1.35 bits per heavy atom. The summed E-state index contributed by atoms with van der Waals surface area (Å²) < 4.78 is 72.6. The van der Waals surface area contributed by atoms with Crippen molar-refractivity contribution in [2.45, 2.75) is 31.9 Å². The molecule has 0 heterocycles. The van der Waals surface area contributed by atoms with Gasteiger partial charge < -0.3 is 0 Å². The molecule has 0 aliphatic rings. The first kappa shape index (κ1) is 21.0. The van der Waals surface area contributed by atoms with Crippen molar-refractivity contribution in [1.29, 1.82) is 0 Å². The number of hydrogen-bond donors (Lipinski definition) is 0. The van der Waals surface area contributed by atoms with Crippen LogP contribution in [0.3, 0.4) is 0 Å². The molecule has 9 heteroatoms. The van der Waals surface area contributed by atoms with Gasteiger partial charge in [-0.3, -0.25) is 0 Å². The molecule has 2 aromatic carbocycles. The molecule has 2 aromatic rings. The van der Waals surface area contributed by atoms with E-state index in [1.54, 1.807) is 54.6 Å². The molecule has 0 spiro atoms. The zero-order valence-electron chi connectivity index (χ0n) is 14.2. The first-order chi connectivity index (χ1) is 11.9. The number of halogens is 4. The summed E-state index contributed by atoms with van der Waals surface area (Å²) in [7, 11) is -5.69. The molecule has 0 aromatic heterocycles. The van der Waals surface area contributed by atoms with Crippen LogP contribution in [0, 0.1) is 7.14 Å². The van der Waals surface area contributed by atoms with Crippen LogP contribution in [0.15, 0.2) is 54.6 Å². The molecular formula is C17H18F3IO4S. The summed E-state index contributed by atoms with van der Waals surface area (Å²) in [6.45, 7) is 5.59. The van der Waals surface area contributed by atoms with Gasteiger partial charge in [0.2, 0.25) is 0 Å². The SMILES string of the molecule is CC(C)(C)Oc1ccc(I(OS(=O)(=O)C(F)(F)F)c2ccccc2)cc1. The van der Waals surface area contributed by atoms with Crippen LogP contribution < -0.4 is 4.74 Å². The monoisotopic (exact) mass is 502 g/mol. The molecule has 0 saturated carbocycles. The molecule has 26 heavy (non-hydrogen) atoms. The van der Waals surface area contributed by atoms with Crippen molar-refractivity contribution < 1.29 is 28.8 Å². The summed E-state index contributed by atoms with van der Waals surface area (Å²) in [5.41, 5.74) is -5.90. The first-order valence-electron chi connectivity index (χ1n) is 7.44. The zero-order valence-corrected chi connectivity index (χ0v) is 17.2. The summed E-state index contributed by atoms with van der Waals surface area (Å²) in [5, 5.41) is 0. The van der Waals surface area contributed by atoms with Crippen molar-refractivity contribution >= 4 is 30.4 Å². The summed E-state index contributed by atoms with van der Waals surface area (Å²) in [4.78, 5) is 0. The Balaban J connectivity index is 2.39. The molecule has 0 saturated heterocycles. The fourth-order valence-corrected chi connectivity index (χ4v) is 8.28. The summed E-state index contributed by atoms with van der Waals surface area (Å²) in [6.07, 6.45) is 0. The molecule has 0 N–H and O–H groups in total. The molecule has 0 unspecified atom stereocenters. The predicted molar refractivity (Wildman–Crippen MR) is 101 cm³/mol. The van der Waals surface area contributed by atoms with Gasteiger partial charge >= 0.3 is 159 Å². The Morgan fingerprint density at radius 1 is 0.846 bits per heavy atom. The van der Waals surface area contributed by atoms with E-state index >= 15 is 0 Å². The van der Waals surface area contributed by atoms with Gasteiger partial charge in [-0.05, 0) is 0 Å². The van der Waals surface area contributed by atoms with Gasteiger partial charge in [0.15, 0.2) is 0 Å². The van der Waals surface area contributed by atoms with E-state index in [4.69, 9.17) is 4.74 Å². The Hall–Kier alpha value is -1.33. The third-order valence-electron chi connectivity index (χ3n) is 2.80. The van der Waals surface area contributed by atoms with Crippen LogP contribution in [0.5, 0.6) is 5.75 Å². The van der Waals surface area contributed by atoms with Crippen LogP contribution in [-0.2, 0) is 12.6 Å². The number of ether oxygens (including phenoxy) is 1. The van der Waals surface area contributed by atoms with Crippen molar-refractivity contribution in [1.82, 2.24) is 0 Å². The van der Waals surface area contributed by atoms with Crippen molar-refractivity contribution in [2.75, 3.05) is 0 Å². The van der Waals surface area contributed by atoms with Gasteiger partial charge in [-0.15, -0.1) is 0 Å². The van der Waals surface area contributed by atoms with E-state index in [1.165, 1.54) is 0 Å². The molecule has 0 bridgehead atoms. The molecule has 144 valence electrons. The minimum atomic E-state index is -5.69. The van der Waals surface area contributed by atoms with Crippen molar-refractivity contribution in [3.63, 3.8) is 0 Å². The second-order valence-corrected chi connectivity index (χ2v) is 12.7. The van der Waals surface area contributed by atoms with E-state index in [9.17, 15) is 21.6 Å². The van der Waals surface area contributed by atoms with Crippen molar-refractivity contribution in [3.8, 4) is 5.75 Å². The first-order valence-corrected chi connectivity index (χ1v) is 11.9. The van der Waals surface area contributed by atoms with E-state index in [1.807, 2.05) is 20.8 Å².